The Hall–Kier alpha value is -2.02. The quantitative estimate of drug-likeness (QED) is 0.770. The number of benzene rings is 2. The molecule has 1 unspecified atom stereocenters. The lowest BCUT2D eigenvalue weighted by Gasteiger charge is -2.20. The Labute approximate surface area is 114 Å². The molecule has 0 saturated carbocycles. The monoisotopic (exact) mass is 250 g/mol. The van der Waals surface area contributed by atoms with Crippen LogP contribution in [0.5, 0.6) is 5.75 Å². The molecule has 1 atom stereocenters. The van der Waals surface area contributed by atoms with E-state index in [1.54, 1.807) is 0 Å². The highest BCUT2D eigenvalue weighted by Crippen LogP contribution is 2.30. The third kappa shape index (κ3) is 2.70. The van der Waals surface area contributed by atoms with Crippen molar-refractivity contribution in [1.29, 1.82) is 0 Å². The third-order valence-electron chi connectivity index (χ3n) is 3.63. The van der Waals surface area contributed by atoms with Crippen LogP contribution < -0.4 is 4.74 Å². The zero-order valence-electron chi connectivity index (χ0n) is 11.2. The van der Waals surface area contributed by atoms with Gasteiger partial charge in [0.05, 0.1) is 0 Å². The van der Waals surface area contributed by atoms with Crippen molar-refractivity contribution >= 4 is 6.08 Å². The highest BCUT2D eigenvalue weighted by molar-refractivity contribution is 5.62. The molecule has 0 aromatic heterocycles. The van der Waals surface area contributed by atoms with Gasteiger partial charge in [0.15, 0.2) is 0 Å². The lowest BCUT2D eigenvalue weighted by atomic mass is 9.92. The molecule has 96 valence electrons. The van der Waals surface area contributed by atoms with Crippen molar-refractivity contribution in [3.8, 4) is 5.75 Å². The average Bonchev–Trinajstić information content (AvgIpc) is 2.48. The minimum absolute atomic E-state index is 0.529. The largest absolute Gasteiger partial charge is 0.489 e. The predicted octanol–water partition coefficient (Wildman–Crippen LogP) is 4.66. The van der Waals surface area contributed by atoms with Gasteiger partial charge in [0.25, 0.3) is 0 Å². The van der Waals surface area contributed by atoms with Crippen molar-refractivity contribution in [3.05, 3.63) is 71.3 Å². The first-order chi connectivity index (χ1) is 9.33. The fraction of sp³-hybridized carbons (Fsp3) is 0.222. The molecule has 0 aliphatic carbocycles. The molecular weight excluding hydrogens is 232 g/mol. The van der Waals surface area contributed by atoms with Gasteiger partial charge in [0.1, 0.15) is 12.4 Å². The molecule has 1 nitrogen and oxygen atoms in total. The fourth-order valence-corrected chi connectivity index (χ4v) is 2.57. The Morgan fingerprint density at radius 2 is 1.74 bits per heavy atom. The van der Waals surface area contributed by atoms with Crippen molar-refractivity contribution in [1.82, 2.24) is 0 Å². The molecule has 3 rings (SSSR count). The smallest absolute Gasteiger partial charge is 0.127 e. The van der Waals surface area contributed by atoms with Crippen LogP contribution >= 0.6 is 0 Å². The molecule has 0 bridgehead atoms. The van der Waals surface area contributed by atoms with Crippen molar-refractivity contribution in [2.75, 3.05) is 6.61 Å². The Morgan fingerprint density at radius 1 is 1.00 bits per heavy atom. The molecule has 0 radical (unpaired) electrons. The minimum Gasteiger partial charge on any atom is -0.489 e. The topological polar surface area (TPSA) is 9.23 Å². The first kappa shape index (κ1) is 12.0. The number of hydrogen-bond donors (Lipinski definition) is 0. The summed E-state index contributed by atoms with van der Waals surface area (Å²) < 4.78 is 5.80. The third-order valence-corrected chi connectivity index (χ3v) is 3.63. The molecule has 0 amide bonds. The van der Waals surface area contributed by atoms with Crippen molar-refractivity contribution in [2.45, 2.75) is 19.3 Å². The van der Waals surface area contributed by atoms with Crippen LogP contribution in [0.4, 0.5) is 0 Å². The van der Waals surface area contributed by atoms with Gasteiger partial charge >= 0.3 is 0 Å². The zero-order chi connectivity index (χ0) is 13.1. The van der Waals surface area contributed by atoms with E-state index in [1.165, 1.54) is 16.7 Å². The summed E-state index contributed by atoms with van der Waals surface area (Å²) in [5.74, 6) is 1.53. The van der Waals surface area contributed by atoms with Crippen LogP contribution in [0.1, 0.15) is 30.4 Å². The lowest BCUT2D eigenvalue weighted by molar-refractivity contribution is 0.340. The number of para-hydroxylation sites is 1. The first-order valence-corrected chi connectivity index (χ1v) is 6.79. The molecule has 0 saturated heterocycles. The number of ether oxygens (including phenoxy) is 1. The molecule has 1 aliphatic heterocycles. The second-order valence-corrected chi connectivity index (χ2v) is 5.14. The van der Waals surface area contributed by atoms with E-state index in [0.717, 1.165) is 12.2 Å². The summed E-state index contributed by atoms with van der Waals surface area (Å²) in [5.41, 5.74) is 3.96. The van der Waals surface area contributed by atoms with Gasteiger partial charge in [-0.25, -0.2) is 0 Å². The van der Waals surface area contributed by atoms with Crippen molar-refractivity contribution in [2.24, 2.45) is 0 Å². The summed E-state index contributed by atoms with van der Waals surface area (Å²) in [6, 6.07) is 18.9. The SMILES string of the molecule is CC(CC1=Cc2ccccc2OC1)c1ccccc1. The van der Waals surface area contributed by atoms with Crippen LogP contribution in [0.3, 0.4) is 0 Å². The Balaban J connectivity index is 1.77. The van der Waals surface area contributed by atoms with Gasteiger partial charge < -0.3 is 4.74 Å². The lowest BCUT2D eigenvalue weighted by Crippen LogP contribution is -2.09. The molecule has 0 fully saturated rings. The van der Waals surface area contributed by atoms with E-state index in [0.29, 0.717) is 12.5 Å². The maximum Gasteiger partial charge on any atom is 0.127 e. The Bertz CT molecular complexity index is 584. The van der Waals surface area contributed by atoms with Gasteiger partial charge in [-0.1, -0.05) is 55.5 Å². The van der Waals surface area contributed by atoms with Gasteiger partial charge in [-0.15, -0.1) is 0 Å². The molecule has 1 heteroatoms. The van der Waals surface area contributed by atoms with Crippen LogP contribution in [0.2, 0.25) is 0 Å². The standard InChI is InChI=1S/C18H18O/c1-14(16-7-3-2-4-8-16)11-15-12-17-9-5-6-10-18(17)19-13-15/h2-10,12,14H,11,13H2,1H3. The van der Waals surface area contributed by atoms with Gasteiger partial charge in [-0.05, 0) is 35.6 Å². The zero-order valence-corrected chi connectivity index (χ0v) is 11.2. The molecule has 1 aliphatic rings. The van der Waals surface area contributed by atoms with E-state index < -0.39 is 0 Å². The fourth-order valence-electron chi connectivity index (χ4n) is 2.57. The molecule has 1 heterocycles. The Kier molecular flexibility index (Phi) is 3.37. The second kappa shape index (κ2) is 5.31. The summed E-state index contributed by atoms with van der Waals surface area (Å²) in [6.45, 7) is 2.99. The maximum absolute atomic E-state index is 5.80. The summed E-state index contributed by atoms with van der Waals surface area (Å²) in [7, 11) is 0. The van der Waals surface area contributed by atoms with E-state index in [4.69, 9.17) is 4.74 Å². The van der Waals surface area contributed by atoms with E-state index in [9.17, 15) is 0 Å². The highest BCUT2D eigenvalue weighted by Gasteiger charge is 2.14. The summed E-state index contributed by atoms with van der Waals surface area (Å²) >= 11 is 0. The van der Waals surface area contributed by atoms with Gasteiger partial charge in [0, 0.05) is 5.56 Å². The molecule has 2 aromatic rings. The van der Waals surface area contributed by atoms with Crippen LogP contribution in [-0.2, 0) is 0 Å². The molecular formula is C18H18O. The minimum atomic E-state index is 0.529. The number of hydrogen-bond acceptors (Lipinski definition) is 1. The average molecular weight is 250 g/mol. The second-order valence-electron chi connectivity index (χ2n) is 5.14. The summed E-state index contributed by atoms with van der Waals surface area (Å²) in [5, 5.41) is 0. The van der Waals surface area contributed by atoms with Crippen LogP contribution in [-0.4, -0.2) is 6.61 Å². The molecule has 0 spiro atoms. The normalized spacial score (nSPS) is 15.1. The van der Waals surface area contributed by atoms with Crippen molar-refractivity contribution < 1.29 is 4.74 Å². The molecule has 2 aromatic carbocycles. The first-order valence-electron chi connectivity index (χ1n) is 6.79. The van der Waals surface area contributed by atoms with E-state index in [1.807, 2.05) is 12.1 Å². The van der Waals surface area contributed by atoms with E-state index >= 15 is 0 Å². The Morgan fingerprint density at radius 3 is 2.58 bits per heavy atom. The van der Waals surface area contributed by atoms with Gasteiger partial charge in [-0.3, -0.25) is 0 Å². The molecule has 0 N–H and O–H groups in total. The number of fused-ring (bicyclic) bond motifs is 1. The van der Waals surface area contributed by atoms with E-state index in [2.05, 4.69) is 55.5 Å². The predicted molar refractivity (Wildman–Crippen MR) is 79.4 cm³/mol. The van der Waals surface area contributed by atoms with Crippen LogP contribution in [0.25, 0.3) is 6.08 Å². The van der Waals surface area contributed by atoms with Gasteiger partial charge in [-0.2, -0.15) is 0 Å². The summed E-state index contributed by atoms with van der Waals surface area (Å²) in [6.07, 6.45) is 3.33. The van der Waals surface area contributed by atoms with Crippen LogP contribution in [0.15, 0.2) is 60.2 Å². The highest BCUT2D eigenvalue weighted by atomic mass is 16.5. The van der Waals surface area contributed by atoms with Gasteiger partial charge in [0.2, 0.25) is 0 Å². The molecule has 19 heavy (non-hydrogen) atoms. The van der Waals surface area contributed by atoms with Crippen molar-refractivity contribution in [3.63, 3.8) is 0 Å². The van der Waals surface area contributed by atoms with Crippen LogP contribution in [0, 0.1) is 0 Å². The maximum atomic E-state index is 5.80. The van der Waals surface area contributed by atoms with E-state index in [-0.39, 0.29) is 0 Å². The number of rotatable bonds is 3. The summed E-state index contributed by atoms with van der Waals surface area (Å²) in [4.78, 5) is 0.